The van der Waals surface area contributed by atoms with Crippen molar-refractivity contribution in [1.29, 1.82) is 0 Å². The molecule has 2 aromatic carbocycles. The summed E-state index contributed by atoms with van der Waals surface area (Å²) in [4.78, 5) is 23.6. The number of rotatable bonds is 11. The molecule has 0 amide bonds. The van der Waals surface area contributed by atoms with Gasteiger partial charge in [0.2, 0.25) is 0 Å². The molecular weight excluding hydrogens is 470 g/mol. The second kappa shape index (κ2) is 12.1. The van der Waals surface area contributed by atoms with Crippen molar-refractivity contribution in [3.8, 4) is 39.9 Å². The van der Waals surface area contributed by atoms with Crippen LogP contribution in [0.15, 0.2) is 71.8 Å². The fourth-order valence-electron chi connectivity index (χ4n) is 3.76. The Bertz CT molecular complexity index is 1360. The number of ether oxygens (including phenoxy) is 3. The lowest BCUT2D eigenvalue weighted by Crippen LogP contribution is -2.22. The molecule has 0 bridgehead atoms. The fraction of sp³-hybridized carbons (Fsp3) is 0.286. The van der Waals surface area contributed by atoms with Crippen molar-refractivity contribution in [3.05, 3.63) is 82.9 Å². The summed E-state index contributed by atoms with van der Waals surface area (Å²) < 4.78 is 17.9. The van der Waals surface area contributed by atoms with Gasteiger partial charge in [0.05, 0.1) is 45.5 Å². The predicted molar refractivity (Wildman–Crippen MR) is 142 cm³/mol. The summed E-state index contributed by atoms with van der Waals surface area (Å²) >= 11 is 0. The average molecular weight is 502 g/mol. The zero-order valence-corrected chi connectivity index (χ0v) is 21.5. The Kier molecular flexibility index (Phi) is 8.48. The summed E-state index contributed by atoms with van der Waals surface area (Å²) in [5.74, 6) is 2.51. The Morgan fingerprint density at radius 2 is 1.59 bits per heavy atom. The first-order valence-electron chi connectivity index (χ1n) is 12.0. The fourth-order valence-corrected chi connectivity index (χ4v) is 3.76. The van der Waals surface area contributed by atoms with Gasteiger partial charge in [-0.05, 0) is 50.3 Å². The highest BCUT2D eigenvalue weighted by Gasteiger charge is 2.10. The topological polar surface area (TPSA) is 91.6 Å². The lowest BCUT2D eigenvalue weighted by Gasteiger charge is -2.11. The Balaban J connectivity index is 1.51. The molecule has 192 valence electrons. The Morgan fingerprint density at radius 1 is 0.865 bits per heavy atom. The average Bonchev–Trinajstić information content (AvgIpc) is 2.92. The van der Waals surface area contributed by atoms with Gasteiger partial charge in [-0.1, -0.05) is 18.2 Å². The van der Waals surface area contributed by atoms with E-state index in [4.69, 9.17) is 14.2 Å². The van der Waals surface area contributed by atoms with Gasteiger partial charge in [0.25, 0.3) is 5.56 Å². The van der Waals surface area contributed by atoms with Crippen molar-refractivity contribution in [2.24, 2.45) is 0 Å². The van der Waals surface area contributed by atoms with E-state index in [0.717, 1.165) is 29.7 Å². The van der Waals surface area contributed by atoms with E-state index < -0.39 is 0 Å². The second-order valence-electron chi connectivity index (χ2n) is 8.76. The van der Waals surface area contributed by atoms with Gasteiger partial charge in [-0.3, -0.25) is 4.79 Å². The van der Waals surface area contributed by atoms with E-state index in [2.05, 4.69) is 20.0 Å². The minimum Gasteiger partial charge on any atom is -0.497 e. The van der Waals surface area contributed by atoms with Gasteiger partial charge in [-0.25, -0.2) is 14.6 Å². The van der Waals surface area contributed by atoms with Crippen molar-refractivity contribution >= 4 is 0 Å². The maximum Gasteiger partial charge on any atom is 0.267 e. The van der Waals surface area contributed by atoms with Crippen molar-refractivity contribution < 1.29 is 14.2 Å². The quantitative estimate of drug-likeness (QED) is 0.287. The molecule has 37 heavy (non-hydrogen) atoms. The van der Waals surface area contributed by atoms with E-state index >= 15 is 0 Å². The standard InChI is InChI=1S/C28H31N5O4/c1-32(2)11-6-12-37-25-17-29-28(30-18-25)21-8-5-7-20(13-21)19-33-27(34)10-9-26(31-33)22-14-23(35-3)16-24(15-22)36-4/h5,7-10,13-18H,6,11-12,19H2,1-4H3. The molecule has 2 heterocycles. The lowest BCUT2D eigenvalue weighted by molar-refractivity contribution is 0.280. The predicted octanol–water partition coefficient (Wildman–Crippen LogP) is 3.76. The minimum absolute atomic E-state index is 0.198. The van der Waals surface area contributed by atoms with Crippen LogP contribution in [-0.2, 0) is 6.54 Å². The molecule has 0 aliphatic rings. The Labute approximate surface area is 216 Å². The van der Waals surface area contributed by atoms with Crippen LogP contribution in [0.25, 0.3) is 22.6 Å². The summed E-state index contributed by atoms with van der Waals surface area (Å²) in [5.41, 5.74) is 2.98. The summed E-state index contributed by atoms with van der Waals surface area (Å²) in [7, 11) is 7.26. The molecule has 0 aliphatic heterocycles. The van der Waals surface area contributed by atoms with Gasteiger partial charge in [0.1, 0.15) is 11.5 Å². The van der Waals surface area contributed by atoms with Gasteiger partial charge in [0, 0.05) is 29.8 Å². The van der Waals surface area contributed by atoms with Gasteiger partial charge >= 0.3 is 0 Å². The molecule has 9 nitrogen and oxygen atoms in total. The van der Waals surface area contributed by atoms with E-state index in [-0.39, 0.29) is 5.56 Å². The molecule has 0 unspecified atom stereocenters. The van der Waals surface area contributed by atoms with Crippen LogP contribution in [0.1, 0.15) is 12.0 Å². The molecule has 0 atom stereocenters. The highest BCUT2D eigenvalue weighted by atomic mass is 16.5. The van der Waals surface area contributed by atoms with Crippen molar-refractivity contribution in [2.75, 3.05) is 41.5 Å². The number of hydrogen-bond donors (Lipinski definition) is 0. The molecule has 9 heteroatoms. The maximum atomic E-state index is 12.6. The van der Waals surface area contributed by atoms with Crippen LogP contribution in [-0.4, -0.2) is 66.1 Å². The van der Waals surface area contributed by atoms with Crippen LogP contribution in [0.4, 0.5) is 0 Å². The van der Waals surface area contributed by atoms with Crippen LogP contribution >= 0.6 is 0 Å². The smallest absolute Gasteiger partial charge is 0.267 e. The first-order chi connectivity index (χ1) is 17.9. The van der Waals surface area contributed by atoms with Gasteiger partial charge in [-0.2, -0.15) is 5.10 Å². The van der Waals surface area contributed by atoms with Gasteiger partial charge in [0.15, 0.2) is 11.6 Å². The van der Waals surface area contributed by atoms with E-state index in [1.807, 2.05) is 50.5 Å². The summed E-state index contributed by atoms with van der Waals surface area (Å²) in [5, 5.41) is 4.59. The highest BCUT2D eigenvalue weighted by Crippen LogP contribution is 2.28. The van der Waals surface area contributed by atoms with Crippen LogP contribution in [0.2, 0.25) is 0 Å². The third-order valence-corrected chi connectivity index (χ3v) is 5.68. The monoisotopic (exact) mass is 501 g/mol. The third kappa shape index (κ3) is 6.92. The largest absolute Gasteiger partial charge is 0.497 e. The molecule has 4 aromatic rings. The first kappa shape index (κ1) is 25.8. The van der Waals surface area contributed by atoms with Gasteiger partial charge < -0.3 is 19.1 Å². The second-order valence-corrected chi connectivity index (χ2v) is 8.76. The molecule has 0 radical (unpaired) electrons. The normalized spacial score (nSPS) is 10.9. The van der Waals surface area contributed by atoms with Crippen LogP contribution < -0.4 is 19.8 Å². The van der Waals surface area contributed by atoms with E-state index in [1.54, 1.807) is 38.7 Å². The molecule has 4 rings (SSSR count). The zero-order chi connectivity index (χ0) is 26.2. The summed E-state index contributed by atoms with van der Waals surface area (Å²) in [6.07, 6.45) is 4.29. The molecule has 0 saturated heterocycles. The van der Waals surface area contributed by atoms with Crippen molar-refractivity contribution in [3.63, 3.8) is 0 Å². The molecule has 0 fully saturated rings. The number of aromatic nitrogens is 4. The van der Waals surface area contributed by atoms with Crippen molar-refractivity contribution in [1.82, 2.24) is 24.6 Å². The van der Waals surface area contributed by atoms with E-state index in [1.165, 1.54) is 10.7 Å². The van der Waals surface area contributed by atoms with Crippen molar-refractivity contribution in [2.45, 2.75) is 13.0 Å². The molecule has 0 N–H and O–H groups in total. The number of nitrogens with zero attached hydrogens (tertiary/aromatic N) is 5. The molecular formula is C28H31N5O4. The SMILES string of the molecule is COc1cc(OC)cc(-c2ccc(=O)n(Cc3cccc(-c4ncc(OCCCN(C)C)cn4)c3)n2)c1. The zero-order valence-electron chi connectivity index (χ0n) is 21.5. The lowest BCUT2D eigenvalue weighted by atomic mass is 10.1. The van der Waals surface area contributed by atoms with Crippen LogP contribution in [0.3, 0.4) is 0 Å². The Hall–Kier alpha value is -4.24. The maximum absolute atomic E-state index is 12.6. The summed E-state index contributed by atoms with van der Waals surface area (Å²) in [6, 6.07) is 16.5. The third-order valence-electron chi connectivity index (χ3n) is 5.68. The number of hydrogen-bond acceptors (Lipinski definition) is 8. The highest BCUT2D eigenvalue weighted by molar-refractivity contribution is 5.63. The minimum atomic E-state index is -0.198. The van der Waals surface area contributed by atoms with Crippen LogP contribution in [0.5, 0.6) is 17.2 Å². The molecule has 0 aliphatic carbocycles. The molecule has 0 saturated carbocycles. The number of benzene rings is 2. The molecule has 0 spiro atoms. The number of methoxy groups -OCH3 is 2. The first-order valence-corrected chi connectivity index (χ1v) is 12.0. The van der Waals surface area contributed by atoms with Crippen LogP contribution in [0, 0.1) is 0 Å². The van der Waals surface area contributed by atoms with E-state index in [9.17, 15) is 4.79 Å². The Morgan fingerprint density at radius 3 is 2.27 bits per heavy atom. The molecule has 2 aromatic heterocycles. The van der Waals surface area contributed by atoms with E-state index in [0.29, 0.717) is 41.9 Å². The summed E-state index contributed by atoms with van der Waals surface area (Å²) in [6.45, 7) is 1.87. The van der Waals surface area contributed by atoms with Gasteiger partial charge in [-0.15, -0.1) is 0 Å².